The van der Waals surface area contributed by atoms with Crippen LogP contribution in [0.4, 0.5) is 0 Å². The first kappa shape index (κ1) is 13.4. The molecule has 0 aliphatic carbocycles. The van der Waals surface area contributed by atoms with Crippen LogP contribution in [0.5, 0.6) is 0 Å². The molecular weight excluding hydrogens is 246 g/mol. The van der Waals surface area contributed by atoms with E-state index in [9.17, 15) is 0 Å². The van der Waals surface area contributed by atoms with Crippen molar-refractivity contribution in [1.82, 2.24) is 14.5 Å². The van der Waals surface area contributed by atoms with Crippen LogP contribution >= 0.6 is 0 Å². The van der Waals surface area contributed by atoms with Gasteiger partial charge in [-0.2, -0.15) is 0 Å². The lowest BCUT2D eigenvalue weighted by molar-refractivity contribution is 0.259. The van der Waals surface area contributed by atoms with E-state index in [1.807, 2.05) is 18.7 Å². The topological polar surface area (TPSA) is 21.1 Å². The molecule has 0 spiro atoms. The van der Waals surface area contributed by atoms with Crippen LogP contribution in [0.25, 0.3) is 0 Å². The van der Waals surface area contributed by atoms with Crippen LogP contribution in [0.15, 0.2) is 49.1 Å². The molecule has 1 aliphatic rings. The normalized spacial score (nSPS) is 23.2. The second-order valence-corrected chi connectivity index (χ2v) is 5.84. The average molecular weight is 269 g/mol. The quantitative estimate of drug-likeness (QED) is 0.831. The highest BCUT2D eigenvalue weighted by atomic mass is 15.2. The molecule has 1 aromatic heterocycles. The molecule has 2 aromatic rings. The predicted molar refractivity (Wildman–Crippen MR) is 81.7 cm³/mol. The molecule has 0 radical (unpaired) electrons. The van der Waals surface area contributed by atoms with Gasteiger partial charge in [0.2, 0.25) is 0 Å². The molecule has 0 bridgehead atoms. The SMILES string of the molecule is C[C@@H]1C[C@H](c2ccccc2)CN1CCCn1ccnc1. The zero-order valence-corrected chi connectivity index (χ0v) is 12.2. The summed E-state index contributed by atoms with van der Waals surface area (Å²) in [5.74, 6) is 0.708. The Kier molecular flexibility index (Phi) is 4.16. The highest BCUT2D eigenvalue weighted by molar-refractivity contribution is 5.21. The minimum atomic E-state index is 0.697. The molecule has 2 heterocycles. The Balaban J connectivity index is 1.51. The van der Waals surface area contributed by atoms with Crippen LogP contribution in [0.1, 0.15) is 31.2 Å². The number of aromatic nitrogens is 2. The lowest BCUT2D eigenvalue weighted by Gasteiger charge is -2.20. The number of hydrogen-bond acceptors (Lipinski definition) is 2. The molecule has 20 heavy (non-hydrogen) atoms. The molecule has 0 N–H and O–H groups in total. The van der Waals surface area contributed by atoms with Crippen molar-refractivity contribution in [2.75, 3.05) is 13.1 Å². The third kappa shape index (κ3) is 3.10. The number of imidazole rings is 1. The van der Waals surface area contributed by atoms with Crippen LogP contribution < -0.4 is 0 Å². The summed E-state index contributed by atoms with van der Waals surface area (Å²) in [5.41, 5.74) is 1.50. The van der Waals surface area contributed by atoms with Crippen LogP contribution in [-0.2, 0) is 6.54 Å². The number of benzene rings is 1. The summed E-state index contributed by atoms with van der Waals surface area (Å²) in [7, 11) is 0. The van der Waals surface area contributed by atoms with E-state index < -0.39 is 0 Å². The fourth-order valence-corrected chi connectivity index (χ4v) is 3.25. The summed E-state index contributed by atoms with van der Waals surface area (Å²) < 4.78 is 2.16. The fraction of sp³-hybridized carbons (Fsp3) is 0.471. The van der Waals surface area contributed by atoms with Gasteiger partial charge < -0.3 is 4.57 Å². The van der Waals surface area contributed by atoms with E-state index in [0.717, 1.165) is 6.54 Å². The molecule has 3 rings (SSSR count). The smallest absolute Gasteiger partial charge is 0.0945 e. The molecule has 1 aliphatic heterocycles. The van der Waals surface area contributed by atoms with Gasteiger partial charge in [0.15, 0.2) is 0 Å². The van der Waals surface area contributed by atoms with Gasteiger partial charge in [0.25, 0.3) is 0 Å². The van der Waals surface area contributed by atoms with Gasteiger partial charge in [0, 0.05) is 38.1 Å². The number of rotatable bonds is 5. The maximum absolute atomic E-state index is 4.09. The largest absolute Gasteiger partial charge is 0.337 e. The molecule has 0 amide bonds. The van der Waals surface area contributed by atoms with Gasteiger partial charge in [0.05, 0.1) is 6.33 Å². The summed E-state index contributed by atoms with van der Waals surface area (Å²) in [6, 6.07) is 11.6. The standard InChI is InChI=1S/C17H23N3/c1-15-12-17(16-6-3-2-4-7-16)13-20(15)10-5-9-19-11-8-18-14-19/h2-4,6-8,11,14-15,17H,5,9-10,12-13H2,1H3/t15-,17+/m1/s1. The Morgan fingerprint density at radius 3 is 2.80 bits per heavy atom. The monoisotopic (exact) mass is 269 g/mol. The van der Waals surface area contributed by atoms with E-state index in [1.54, 1.807) is 0 Å². The number of likely N-dealkylation sites (tertiary alicyclic amines) is 1. The van der Waals surface area contributed by atoms with Crippen LogP contribution in [0, 0.1) is 0 Å². The van der Waals surface area contributed by atoms with Crippen molar-refractivity contribution in [3.63, 3.8) is 0 Å². The summed E-state index contributed by atoms with van der Waals surface area (Å²) in [5, 5.41) is 0. The maximum atomic E-state index is 4.09. The second kappa shape index (κ2) is 6.23. The average Bonchev–Trinajstić information content (AvgIpc) is 3.11. The molecule has 0 saturated carbocycles. The minimum Gasteiger partial charge on any atom is -0.337 e. The summed E-state index contributed by atoms with van der Waals surface area (Å²) in [6.07, 6.45) is 8.28. The number of aryl methyl sites for hydroxylation is 1. The molecule has 2 atom stereocenters. The van der Waals surface area contributed by atoms with Crippen LogP contribution in [0.2, 0.25) is 0 Å². The van der Waals surface area contributed by atoms with Crippen molar-refractivity contribution in [1.29, 1.82) is 0 Å². The first-order valence-corrected chi connectivity index (χ1v) is 7.57. The van der Waals surface area contributed by atoms with Gasteiger partial charge in [-0.25, -0.2) is 4.98 Å². The first-order valence-electron chi connectivity index (χ1n) is 7.57. The third-order valence-corrected chi connectivity index (χ3v) is 4.40. The van der Waals surface area contributed by atoms with Gasteiger partial charge in [-0.3, -0.25) is 4.90 Å². The maximum Gasteiger partial charge on any atom is 0.0945 e. The van der Waals surface area contributed by atoms with Gasteiger partial charge >= 0.3 is 0 Å². The fourth-order valence-electron chi connectivity index (χ4n) is 3.25. The van der Waals surface area contributed by atoms with Crippen LogP contribution in [0.3, 0.4) is 0 Å². The molecule has 1 saturated heterocycles. The van der Waals surface area contributed by atoms with E-state index >= 15 is 0 Å². The lowest BCUT2D eigenvalue weighted by Crippen LogP contribution is -2.28. The highest BCUT2D eigenvalue weighted by Crippen LogP contribution is 2.31. The molecule has 0 unspecified atom stereocenters. The van der Waals surface area contributed by atoms with Crippen molar-refractivity contribution in [2.24, 2.45) is 0 Å². The highest BCUT2D eigenvalue weighted by Gasteiger charge is 2.29. The van der Waals surface area contributed by atoms with Gasteiger partial charge in [-0.05, 0) is 31.2 Å². The van der Waals surface area contributed by atoms with E-state index in [-0.39, 0.29) is 0 Å². The van der Waals surface area contributed by atoms with Gasteiger partial charge in [-0.1, -0.05) is 30.3 Å². The lowest BCUT2D eigenvalue weighted by atomic mass is 9.97. The van der Waals surface area contributed by atoms with E-state index in [1.165, 1.54) is 31.5 Å². The van der Waals surface area contributed by atoms with E-state index in [2.05, 4.69) is 51.7 Å². The Bertz CT molecular complexity index is 506. The van der Waals surface area contributed by atoms with Gasteiger partial charge in [0.1, 0.15) is 0 Å². The zero-order chi connectivity index (χ0) is 13.8. The van der Waals surface area contributed by atoms with Crippen LogP contribution in [-0.4, -0.2) is 33.6 Å². The van der Waals surface area contributed by atoms with Crippen molar-refractivity contribution in [2.45, 2.75) is 38.3 Å². The second-order valence-electron chi connectivity index (χ2n) is 5.84. The Hall–Kier alpha value is -1.61. The predicted octanol–water partition coefficient (Wildman–Crippen LogP) is 3.15. The molecule has 106 valence electrons. The van der Waals surface area contributed by atoms with Gasteiger partial charge in [-0.15, -0.1) is 0 Å². The third-order valence-electron chi connectivity index (χ3n) is 4.40. The summed E-state index contributed by atoms with van der Waals surface area (Å²) in [4.78, 5) is 6.72. The molecule has 3 nitrogen and oxygen atoms in total. The molecular formula is C17H23N3. The molecule has 3 heteroatoms. The van der Waals surface area contributed by atoms with Crippen molar-refractivity contribution in [3.05, 3.63) is 54.6 Å². The Morgan fingerprint density at radius 1 is 1.20 bits per heavy atom. The van der Waals surface area contributed by atoms with E-state index in [0.29, 0.717) is 12.0 Å². The summed E-state index contributed by atoms with van der Waals surface area (Å²) >= 11 is 0. The van der Waals surface area contributed by atoms with Crippen molar-refractivity contribution >= 4 is 0 Å². The molecule has 1 aromatic carbocycles. The number of nitrogens with zero attached hydrogens (tertiary/aromatic N) is 3. The minimum absolute atomic E-state index is 0.697. The van der Waals surface area contributed by atoms with Crippen molar-refractivity contribution < 1.29 is 0 Å². The zero-order valence-electron chi connectivity index (χ0n) is 12.2. The Morgan fingerprint density at radius 2 is 2.05 bits per heavy atom. The summed E-state index contributed by atoms with van der Waals surface area (Å²) in [6.45, 7) is 5.82. The van der Waals surface area contributed by atoms with Crippen molar-refractivity contribution in [3.8, 4) is 0 Å². The Labute approximate surface area is 121 Å². The van der Waals surface area contributed by atoms with E-state index in [4.69, 9.17) is 0 Å². The molecule has 1 fully saturated rings. The number of hydrogen-bond donors (Lipinski definition) is 0. The first-order chi connectivity index (χ1) is 9.83.